The molecule has 1 aliphatic rings. The third kappa shape index (κ3) is 3.61. The first-order valence-electron chi connectivity index (χ1n) is 8.62. The van der Waals surface area contributed by atoms with Gasteiger partial charge in [0.05, 0.1) is 6.61 Å². The maximum absolute atomic E-state index is 13.0. The Kier molecular flexibility index (Phi) is 5.07. The lowest BCUT2D eigenvalue weighted by Crippen LogP contribution is -2.41. The van der Waals surface area contributed by atoms with Crippen molar-refractivity contribution < 1.29 is 14.3 Å². The molecule has 5 nitrogen and oxygen atoms in total. The second-order valence-corrected chi connectivity index (χ2v) is 6.28. The molecule has 1 N–H and O–H groups in total. The molecule has 2 aromatic rings. The fourth-order valence-electron chi connectivity index (χ4n) is 2.83. The number of esters is 1. The van der Waals surface area contributed by atoms with Gasteiger partial charge in [0.1, 0.15) is 5.70 Å². The van der Waals surface area contributed by atoms with Gasteiger partial charge < -0.3 is 10.1 Å². The molecule has 1 heterocycles. The van der Waals surface area contributed by atoms with Gasteiger partial charge in [0, 0.05) is 11.4 Å². The SMILES string of the molecule is CCOC(=O)C1C=C(Nc2ccc(C)cc2)C(=O)N1c1ccc(C)cc1. The number of aryl methyl sites for hydroxylation is 2. The Bertz CT molecular complexity index is 839. The first kappa shape index (κ1) is 17.7. The summed E-state index contributed by atoms with van der Waals surface area (Å²) in [6, 6.07) is 14.4. The van der Waals surface area contributed by atoms with E-state index in [1.807, 2.05) is 62.4 Å². The summed E-state index contributed by atoms with van der Waals surface area (Å²) in [4.78, 5) is 26.8. The van der Waals surface area contributed by atoms with Gasteiger partial charge in [-0.25, -0.2) is 4.79 Å². The molecule has 1 unspecified atom stereocenters. The molecular formula is C21H22N2O3. The maximum atomic E-state index is 13.0. The van der Waals surface area contributed by atoms with E-state index < -0.39 is 12.0 Å². The Morgan fingerprint density at radius 3 is 2.19 bits per heavy atom. The van der Waals surface area contributed by atoms with Crippen molar-refractivity contribution in [2.75, 3.05) is 16.8 Å². The fourth-order valence-corrected chi connectivity index (χ4v) is 2.83. The molecule has 0 aliphatic carbocycles. The Labute approximate surface area is 153 Å². The quantitative estimate of drug-likeness (QED) is 0.838. The lowest BCUT2D eigenvalue weighted by atomic mass is 10.2. The van der Waals surface area contributed by atoms with Crippen molar-refractivity contribution >= 4 is 23.3 Å². The van der Waals surface area contributed by atoms with E-state index in [2.05, 4.69) is 5.32 Å². The molecule has 0 bridgehead atoms. The fraction of sp³-hybridized carbons (Fsp3) is 0.238. The summed E-state index contributed by atoms with van der Waals surface area (Å²) in [6.07, 6.45) is 1.63. The molecule has 1 amide bonds. The van der Waals surface area contributed by atoms with Crippen LogP contribution < -0.4 is 10.2 Å². The Hall–Kier alpha value is -3.08. The number of nitrogens with one attached hydrogen (secondary N) is 1. The number of benzene rings is 2. The number of amides is 1. The van der Waals surface area contributed by atoms with Crippen LogP contribution in [0.4, 0.5) is 11.4 Å². The van der Waals surface area contributed by atoms with E-state index in [4.69, 9.17) is 4.74 Å². The van der Waals surface area contributed by atoms with Crippen LogP contribution in [-0.2, 0) is 14.3 Å². The molecule has 5 heteroatoms. The summed E-state index contributed by atoms with van der Waals surface area (Å²) in [5.41, 5.74) is 4.04. The van der Waals surface area contributed by atoms with Crippen molar-refractivity contribution in [3.05, 3.63) is 71.4 Å². The Balaban J connectivity index is 1.91. The average molecular weight is 350 g/mol. The van der Waals surface area contributed by atoms with Crippen LogP contribution >= 0.6 is 0 Å². The number of hydrogen-bond acceptors (Lipinski definition) is 4. The van der Waals surface area contributed by atoms with E-state index in [1.54, 1.807) is 13.0 Å². The number of rotatable bonds is 5. The average Bonchev–Trinajstić information content (AvgIpc) is 2.95. The Morgan fingerprint density at radius 1 is 1.04 bits per heavy atom. The minimum absolute atomic E-state index is 0.257. The molecule has 0 fully saturated rings. The van der Waals surface area contributed by atoms with Crippen molar-refractivity contribution in [1.82, 2.24) is 0 Å². The molecule has 2 aromatic carbocycles. The summed E-state index contributed by atoms with van der Waals surface area (Å²) >= 11 is 0. The molecule has 1 aliphatic heterocycles. The molecule has 0 saturated heterocycles. The van der Waals surface area contributed by atoms with Gasteiger partial charge in [-0.3, -0.25) is 9.69 Å². The summed E-state index contributed by atoms with van der Waals surface area (Å²) in [6.45, 7) is 5.99. The van der Waals surface area contributed by atoms with Gasteiger partial charge in [0.15, 0.2) is 6.04 Å². The largest absolute Gasteiger partial charge is 0.464 e. The summed E-state index contributed by atoms with van der Waals surface area (Å²) in [5, 5.41) is 3.12. The second-order valence-electron chi connectivity index (χ2n) is 6.28. The van der Waals surface area contributed by atoms with E-state index in [9.17, 15) is 9.59 Å². The number of hydrogen-bond donors (Lipinski definition) is 1. The molecule has 1 atom stereocenters. The second kappa shape index (κ2) is 7.44. The standard InChI is InChI=1S/C21H22N2O3/c1-4-26-21(25)19-13-18(22-16-9-5-14(2)6-10-16)20(24)23(19)17-11-7-15(3)8-12-17/h5-13,19,22H,4H2,1-3H3. The van der Waals surface area contributed by atoms with Gasteiger partial charge >= 0.3 is 5.97 Å². The van der Waals surface area contributed by atoms with E-state index in [0.717, 1.165) is 16.8 Å². The van der Waals surface area contributed by atoms with Gasteiger partial charge in [-0.15, -0.1) is 0 Å². The van der Waals surface area contributed by atoms with Crippen LogP contribution in [0.25, 0.3) is 0 Å². The Morgan fingerprint density at radius 2 is 1.62 bits per heavy atom. The van der Waals surface area contributed by atoms with Crippen LogP contribution in [0.3, 0.4) is 0 Å². The van der Waals surface area contributed by atoms with Gasteiger partial charge in [-0.1, -0.05) is 35.4 Å². The molecule has 0 aromatic heterocycles. The summed E-state index contributed by atoms with van der Waals surface area (Å²) in [7, 11) is 0. The third-order valence-electron chi connectivity index (χ3n) is 4.22. The molecule has 3 rings (SSSR count). The van der Waals surface area contributed by atoms with E-state index in [-0.39, 0.29) is 12.5 Å². The van der Waals surface area contributed by atoms with Crippen molar-refractivity contribution in [3.8, 4) is 0 Å². The third-order valence-corrected chi connectivity index (χ3v) is 4.22. The predicted octanol–water partition coefficient (Wildman–Crippen LogP) is 3.58. The van der Waals surface area contributed by atoms with E-state index in [0.29, 0.717) is 11.4 Å². The van der Waals surface area contributed by atoms with E-state index >= 15 is 0 Å². The number of carbonyl (C=O) groups excluding carboxylic acids is 2. The van der Waals surface area contributed by atoms with Crippen molar-refractivity contribution in [3.63, 3.8) is 0 Å². The van der Waals surface area contributed by atoms with Crippen molar-refractivity contribution in [2.45, 2.75) is 26.8 Å². The van der Waals surface area contributed by atoms with Crippen LogP contribution in [0.5, 0.6) is 0 Å². The van der Waals surface area contributed by atoms with Crippen molar-refractivity contribution in [2.24, 2.45) is 0 Å². The van der Waals surface area contributed by atoms with Crippen molar-refractivity contribution in [1.29, 1.82) is 0 Å². The van der Waals surface area contributed by atoms with Gasteiger partial charge in [-0.2, -0.15) is 0 Å². The topological polar surface area (TPSA) is 58.6 Å². The first-order chi connectivity index (χ1) is 12.5. The highest BCUT2D eigenvalue weighted by atomic mass is 16.5. The molecule has 0 saturated carbocycles. The smallest absolute Gasteiger partial charge is 0.333 e. The summed E-state index contributed by atoms with van der Waals surface area (Å²) in [5.74, 6) is -0.699. The lowest BCUT2D eigenvalue weighted by molar-refractivity contribution is -0.144. The minimum Gasteiger partial charge on any atom is -0.464 e. The number of carbonyl (C=O) groups is 2. The van der Waals surface area contributed by atoms with Crippen LogP contribution in [0, 0.1) is 13.8 Å². The van der Waals surface area contributed by atoms with Gasteiger partial charge in [0.2, 0.25) is 0 Å². The molecule has 0 radical (unpaired) electrons. The van der Waals surface area contributed by atoms with E-state index in [1.165, 1.54) is 4.90 Å². The monoisotopic (exact) mass is 350 g/mol. The van der Waals surface area contributed by atoms with Crippen LogP contribution in [0.1, 0.15) is 18.1 Å². The zero-order valence-electron chi connectivity index (χ0n) is 15.2. The predicted molar refractivity (Wildman–Crippen MR) is 102 cm³/mol. The molecule has 0 spiro atoms. The zero-order chi connectivity index (χ0) is 18.7. The van der Waals surface area contributed by atoms with Crippen LogP contribution in [0.15, 0.2) is 60.3 Å². The number of nitrogens with zero attached hydrogens (tertiary/aromatic N) is 1. The molecule has 134 valence electrons. The molecular weight excluding hydrogens is 328 g/mol. The van der Waals surface area contributed by atoms with Crippen LogP contribution in [0.2, 0.25) is 0 Å². The highest BCUT2D eigenvalue weighted by Crippen LogP contribution is 2.28. The lowest BCUT2D eigenvalue weighted by Gasteiger charge is -2.23. The van der Waals surface area contributed by atoms with Gasteiger partial charge in [-0.05, 0) is 51.1 Å². The first-order valence-corrected chi connectivity index (χ1v) is 8.62. The summed E-state index contributed by atoms with van der Waals surface area (Å²) < 4.78 is 5.16. The van der Waals surface area contributed by atoms with Crippen LogP contribution in [-0.4, -0.2) is 24.5 Å². The highest BCUT2D eigenvalue weighted by Gasteiger charge is 2.39. The van der Waals surface area contributed by atoms with Gasteiger partial charge in [0.25, 0.3) is 5.91 Å². The number of anilines is 2. The normalized spacial score (nSPS) is 16.4. The number of ether oxygens (including phenoxy) is 1. The zero-order valence-corrected chi connectivity index (χ0v) is 15.2. The molecule has 26 heavy (non-hydrogen) atoms. The minimum atomic E-state index is -0.780. The maximum Gasteiger partial charge on any atom is 0.333 e. The highest BCUT2D eigenvalue weighted by molar-refractivity contribution is 6.14.